The summed E-state index contributed by atoms with van der Waals surface area (Å²) in [6, 6.07) is 6.76. The molecule has 14 heavy (non-hydrogen) atoms. The van der Waals surface area contributed by atoms with Crippen LogP contribution >= 0.6 is 0 Å². The summed E-state index contributed by atoms with van der Waals surface area (Å²) >= 11 is 0. The van der Waals surface area contributed by atoms with Crippen LogP contribution in [0.4, 0.5) is 5.82 Å². The van der Waals surface area contributed by atoms with Crippen molar-refractivity contribution in [1.82, 2.24) is 10.3 Å². The molecule has 3 nitrogen and oxygen atoms in total. The van der Waals surface area contributed by atoms with Crippen molar-refractivity contribution in [1.29, 1.82) is 0 Å². The van der Waals surface area contributed by atoms with E-state index < -0.39 is 0 Å². The molecule has 0 saturated carbocycles. The lowest BCUT2D eigenvalue weighted by Gasteiger charge is -2.32. The summed E-state index contributed by atoms with van der Waals surface area (Å²) in [4.78, 5) is 6.87. The number of nitrogens with one attached hydrogen (secondary N) is 1. The molecule has 3 heteroatoms. The molecule has 0 unspecified atom stereocenters. The van der Waals surface area contributed by atoms with Crippen molar-refractivity contribution in [3.63, 3.8) is 0 Å². The number of hydrogen-bond acceptors (Lipinski definition) is 3. The van der Waals surface area contributed by atoms with Crippen LogP contribution in [0.1, 0.15) is 12.6 Å². The Bertz CT molecular complexity index is 311. The highest BCUT2D eigenvalue weighted by atomic mass is 15.2. The number of aryl methyl sites for hydroxylation is 1. The SMILES string of the molecule is Cc1cccc(N2CCN[C@@H](C)C2)n1. The van der Waals surface area contributed by atoms with Crippen molar-refractivity contribution in [2.24, 2.45) is 0 Å². The van der Waals surface area contributed by atoms with E-state index in [1.54, 1.807) is 0 Å². The van der Waals surface area contributed by atoms with Gasteiger partial charge in [0.1, 0.15) is 5.82 Å². The Hall–Kier alpha value is -1.09. The van der Waals surface area contributed by atoms with Gasteiger partial charge in [-0.15, -0.1) is 0 Å². The van der Waals surface area contributed by atoms with Gasteiger partial charge in [0, 0.05) is 31.4 Å². The normalized spacial score (nSPS) is 22.4. The van der Waals surface area contributed by atoms with Crippen LogP contribution in [-0.4, -0.2) is 30.7 Å². The van der Waals surface area contributed by atoms with Crippen LogP contribution in [0.3, 0.4) is 0 Å². The number of nitrogens with zero attached hydrogens (tertiary/aromatic N) is 2. The minimum absolute atomic E-state index is 0.561. The number of pyridine rings is 1. The number of anilines is 1. The molecule has 0 radical (unpaired) electrons. The van der Waals surface area contributed by atoms with Gasteiger partial charge in [-0.1, -0.05) is 6.07 Å². The Morgan fingerprint density at radius 2 is 2.36 bits per heavy atom. The fourth-order valence-corrected chi connectivity index (χ4v) is 1.85. The molecular weight excluding hydrogens is 174 g/mol. The summed E-state index contributed by atoms with van der Waals surface area (Å²) in [6.07, 6.45) is 0. The van der Waals surface area contributed by atoms with Crippen LogP contribution < -0.4 is 10.2 Å². The molecule has 0 aliphatic carbocycles. The van der Waals surface area contributed by atoms with Crippen molar-refractivity contribution in [3.05, 3.63) is 23.9 Å². The summed E-state index contributed by atoms with van der Waals surface area (Å²) < 4.78 is 0. The Balaban J connectivity index is 2.14. The van der Waals surface area contributed by atoms with Gasteiger partial charge < -0.3 is 10.2 Å². The predicted octanol–water partition coefficient (Wildman–Crippen LogP) is 1.19. The molecular formula is C11H17N3. The Kier molecular flexibility index (Phi) is 2.68. The number of rotatable bonds is 1. The van der Waals surface area contributed by atoms with Crippen LogP contribution in [0.25, 0.3) is 0 Å². The largest absolute Gasteiger partial charge is 0.354 e. The Morgan fingerprint density at radius 1 is 1.50 bits per heavy atom. The predicted molar refractivity (Wildman–Crippen MR) is 58.7 cm³/mol. The molecule has 1 atom stereocenters. The van der Waals surface area contributed by atoms with Crippen LogP contribution in [-0.2, 0) is 0 Å². The Labute approximate surface area is 85.1 Å². The smallest absolute Gasteiger partial charge is 0.128 e. The fraction of sp³-hybridized carbons (Fsp3) is 0.545. The van der Waals surface area contributed by atoms with Crippen molar-refractivity contribution in [2.75, 3.05) is 24.5 Å². The highest BCUT2D eigenvalue weighted by Gasteiger charge is 2.16. The fourth-order valence-electron chi connectivity index (χ4n) is 1.85. The maximum atomic E-state index is 4.53. The zero-order valence-electron chi connectivity index (χ0n) is 8.83. The maximum Gasteiger partial charge on any atom is 0.128 e. The lowest BCUT2D eigenvalue weighted by atomic mass is 10.2. The molecule has 1 aromatic rings. The summed E-state index contributed by atoms with van der Waals surface area (Å²) in [5.41, 5.74) is 1.09. The number of aromatic nitrogens is 1. The molecule has 0 amide bonds. The molecule has 1 aliphatic heterocycles. The third kappa shape index (κ3) is 2.04. The van der Waals surface area contributed by atoms with Crippen molar-refractivity contribution in [3.8, 4) is 0 Å². The molecule has 2 heterocycles. The van der Waals surface area contributed by atoms with Crippen LogP contribution in [0.2, 0.25) is 0 Å². The molecule has 1 fully saturated rings. The molecule has 1 aliphatic rings. The summed E-state index contributed by atoms with van der Waals surface area (Å²) in [7, 11) is 0. The molecule has 0 aromatic carbocycles. The van der Waals surface area contributed by atoms with Crippen molar-refractivity contribution >= 4 is 5.82 Å². The van der Waals surface area contributed by atoms with Gasteiger partial charge in [0.2, 0.25) is 0 Å². The van der Waals surface area contributed by atoms with E-state index in [0.29, 0.717) is 6.04 Å². The van der Waals surface area contributed by atoms with Gasteiger partial charge in [0.25, 0.3) is 0 Å². The van der Waals surface area contributed by atoms with Gasteiger partial charge in [-0.05, 0) is 26.0 Å². The van der Waals surface area contributed by atoms with Crippen molar-refractivity contribution < 1.29 is 0 Å². The van der Waals surface area contributed by atoms with Crippen LogP contribution in [0.5, 0.6) is 0 Å². The first-order valence-electron chi connectivity index (χ1n) is 5.18. The van der Waals surface area contributed by atoms with E-state index >= 15 is 0 Å². The first-order valence-corrected chi connectivity index (χ1v) is 5.18. The highest BCUT2D eigenvalue weighted by Crippen LogP contribution is 2.12. The van der Waals surface area contributed by atoms with Gasteiger partial charge in [0.15, 0.2) is 0 Å². The highest BCUT2D eigenvalue weighted by molar-refractivity contribution is 5.39. The molecule has 76 valence electrons. The molecule has 1 saturated heterocycles. The van der Waals surface area contributed by atoms with Crippen LogP contribution in [0.15, 0.2) is 18.2 Å². The first kappa shape index (κ1) is 9.46. The van der Waals surface area contributed by atoms with Gasteiger partial charge in [-0.25, -0.2) is 4.98 Å². The average molecular weight is 191 g/mol. The van der Waals surface area contributed by atoms with E-state index in [9.17, 15) is 0 Å². The Morgan fingerprint density at radius 3 is 3.07 bits per heavy atom. The molecule has 0 bridgehead atoms. The zero-order chi connectivity index (χ0) is 9.97. The summed E-state index contributed by atoms with van der Waals surface area (Å²) in [6.45, 7) is 7.41. The van der Waals surface area contributed by atoms with E-state index in [-0.39, 0.29) is 0 Å². The van der Waals surface area contributed by atoms with Gasteiger partial charge in [0.05, 0.1) is 0 Å². The topological polar surface area (TPSA) is 28.2 Å². The monoisotopic (exact) mass is 191 g/mol. The summed E-state index contributed by atoms with van der Waals surface area (Å²) in [5, 5.41) is 3.43. The van der Waals surface area contributed by atoms with Gasteiger partial charge in [-0.3, -0.25) is 0 Å². The molecule has 1 N–H and O–H groups in total. The molecule has 2 rings (SSSR count). The second-order valence-corrected chi connectivity index (χ2v) is 3.94. The van der Waals surface area contributed by atoms with E-state index in [0.717, 1.165) is 31.1 Å². The third-order valence-corrected chi connectivity index (χ3v) is 2.57. The van der Waals surface area contributed by atoms with E-state index in [1.165, 1.54) is 0 Å². The number of hydrogen-bond donors (Lipinski definition) is 1. The zero-order valence-corrected chi connectivity index (χ0v) is 8.83. The van der Waals surface area contributed by atoms with Crippen LogP contribution in [0, 0.1) is 6.92 Å². The van der Waals surface area contributed by atoms with Crippen molar-refractivity contribution in [2.45, 2.75) is 19.9 Å². The lowest BCUT2D eigenvalue weighted by molar-refractivity contribution is 0.482. The van der Waals surface area contributed by atoms with E-state index in [2.05, 4.69) is 34.3 Å². The molecule has 0 spiro atoms. The van der Waals surface area contributed by atoms with Gasteiger partial charge >= 0.3 is 0 Å². The minimum atomic E-state index is 0.561. The molecule has 1 aromatic heterocycles. The van der Waals surface area contributed by atoms with E-state index in [4.69, 9.17) is 0 Å². The minimum Gasteiger partial charge on any atom is -0.354 e. The standard InChI is InChI=1S/C11H17N3/c1-9-4-3-5-11(13-9)14-7-6-12-10(2)8-14/h3-5,10,12H,6-8H2,1-2H3/t10-/m0/s1. The second kappa shape index (κ2) is 3.96. The van der Waals surface area contributed by atoms with E-state index in [1.807, 2.05) is 13.0 Å². The second-order valence-electron chi connectivity index (χ2n) is 3.94. The average Bonchev–Trinajstić information content (AvgIpc) is 2.18. The quantitative estimate of drug-likeness (QED) is 0.722. The lowest BCUT2D eigenvalue weighted by Crippen LogP contribution is -2.49. The summed E-state index contributed by atoms with van der Waals surface area (Å²) in [5.74, 6) is 1.11. The third-order valence-electron chi connectivity index (χ3n) is 2.57. The first-order chi connectivity index (χ1) is 6.75. The maximum absolute atomic E-state index is 4.53. The number of piperazine rings is 1. The van der Waals surface area contributed by atoms with Gasteiger partial charge in [-0.2, -0.15) is 0 Å².